The van der Waals surface area contributed by atoms with E-state index in [1.54, 1.807) is 42.1 Å². The summed E-state index contributed by atoms with van der Waals surface area (Å²) >= 11 is 3.75. The summed E-state index contributed by atoms with van der Waals surface area (Å²) in [5.74, 6) is 0.0699. The number of aliphatic hydroxyl groups excluding tert-OH is 1. The number of nitrogens with one attached hydrogen (secondary N) is 1. The maximum absolute atomic E-state index is 12.2. The zero-order valence-electron chi connectivity index (χ0n) is 13.7. The van der Waals surface area contributed by atoms with Crippen LogP contribution in [0.4, 0.5) is 10.5 Å². The average Bonchev–Trinajstić information content (AvgIpc) is 2.61. The lowest BCUT2D eigenvalue weighted by Gasteiger charge is -2.19. The molecule has 0 saturated carbocycles. The molecule has 0 aromatic heterocycles. The zero-order chi connectivity index (χ0) is 18.2. The summed E-state index contributed by atoms with van der Waals surface area (Å²) in [7, 11) is 0. The van der Waals surface area contributed by atoms with E-state index in [1.165, 1.54) is 0 Å². The van der Waals surface area contributed by atoms with Gasteiger partial charge in [-0.15, -0.1) is 11.8 Å². The lowest BCUT2D eigenvalue weighted by atomic mass is 10.0. The van der Waals surface area contributed by atoms with Crippen LogP contribution in [0, 0.1) is 3.57 Å². The molecule has 134 valence electrons. The molecule has 1 atom stereocenters. The molecule has 25 heavy (non-hydrogen) atoms. The van der Waals surface area contributed by atoms with Crippen LogP contribution >= 0.6 is 34.4 Å². The summed E-state index contributed by atoms with van der Waals surface area (Å²) in [6, 6.07) is 12.6. The Hall–Kier alpha value is -1.45. The Bertz CT molecular complexity index is 709. The Morgan fingerprint density at radius 3 is 2.64 bits per heavy atom. The van der Waals surface area contributed by atoms with Gasteiger partial charge in [0.25, 0.3) is 0 Å². The van der Waals surface area contributed by atoms with Crippen LogP contribution in [-0.4, -0.2) is 29.2 Å². The molecule has 0 aliphatic carbocycles. The van der Waals surface area contributed by atoms with E-state index >= 15 is 0 Å². The molecule has 5 nitrogen and oxygen atoms in total. The van der Waals surface area contributed by atoms with Gasteiger partial charge in [0.15, 0.2) is 0 Å². The van der Waals surface area contributed by atoms with E-state index in [1.807, 2.05) is 18.4 Å². The summed E-state index contributed by atoms with van der Waals surface area (Å²) in [6.07, 6.45) is 1.63. The average molecular weight is 473 g/mol. The molecule has 0 radical (unpaired) electrons. The van der Waals surface area contributed by atoms with Crippen molar-refractivity contribution in [2.45, 2.75) is 23.8 Å². The standard InChI is InChI=1S/C18H20INO4S/c1-25-14-7-5-13(6-8-14)20-18(23)24-17(3-2-10-21)15-11-12(19)4-9-16(15)22/h4-9,11,17,21-22H,2-3,10H2,1H3,(H,20,23)/t17-/m1/s1. The van der Waals surface area contributed by atoms with Gasteiger partial charge >= 0.3 is 6.09 Å². The van der Waals surface area contributed by atoms with E-state index in [9.17, 15) is 9.90 Å². The van der Waals surface area contributed by atoms with Gasteiger partial charge in [-0.3, -0.25) is 5.32 Å². The molecule has 0 bridgehead atoms. The number of ether oxygens (including phenoxy) is 1. The quantitative estimate of drug-likeness (QED) is 0.399. The normalized spacial score (nSPS) is 11.8. The maximum atomic E-state index is 12.2. The van der Waals surface area contributed by atoms with Crippen molar-refractivity contribution in [3.63, 3.8) is 0 Å². The molecule has 2 aromatic rings. The Labute approximate surface area is 164 Å². The van der Waals surface area contributed by atoms with Crippen molar-refractivity contribution < 1.29 is 19.7 Å². The number of rotatable bonds is 7. The molecule has 3 N–H and O–H groups in total. The Kier molecular flexibility index (Phi) is 7.86. The van der Waals surface area contributed by atoms with Crippen molar-refractivity contribution in [1.82, 2.24) is 0 Å². The van der Waals surface area contributed by atoms with Crippen LogP contribution < -0.4 is 5.32 Å². The predicted octanol–water partition coefficient (Wildman–Crippen LogP) is 4.78. The highest BCUT2D eigenvalue weighted by molar-refractivity contribution is 14.1. The fourth-order valence-corrected chi connectivity index (χ4v) is 3.21. The first kappa shape index (κ1) is 19.9. The number of hydrogen-bond donors (Lipinski definition) is 3. The number of phenols is 1. The number of aromatic hydroxyl groups is 1. The predicted molar refractivity (Wildman–Crippen MR) is 108 cm³/mol. The first-order valence-corrected chi connectivity index (χ1v) is 10.0. The fraction of sp³-hybridized carbons (Fsp3) is 0.278. The number of amides is 1. The minimum atomic E-state index is -0.632. The van der Waals surface area contributed by atoms with Crippen molar-refractivity contribution in [1.29, 1.82) is 0 Å². The van der Waals surface area contributed by atoms with Crippen LogP contribution in [0.5, 0.6) is 5.75 Å². The van der Waals surface area contributed by atoms with Crippen LogP contribution in [0.2, 0.25) is 0 Å². The second kappa shape index (κ2) is 9.88. The SMILES string of the molecule is CSc1ccc(NC(=O)O[C@H](CCCO)c2cc(I)ccc2O)cc1. The molecule has 0 aliphatic heterocycles. The van der Waals surface area contributed by atoms with Gasteiger partial charge < -0.3 is 14.9 Å². The van der Waals surface area contributed by atoms with Crippen LogP contribution in [0.3, 0.4) is 0 Å². The smallest absolute Gasteiger partial charge is 0.412 e. The molecular formula is C18H20INO4S. The second-order valence-electron chi connectivity index (χ2n) is 5.32. The van der Waals surface area contributed by atoms with Gasteiger partial charge in [-0.1, -0.05) is 0 Å². The van der Waals surface area contributed by atoms with Gasteiger partial charge in [0.2, 0.25) is 0 Å². The zero-order valence-corrected chi connectivity index (χ0v) is 16.7. The molecule has 0 fully saturated rings. The fourth-order valence-electron chi connectivity index (χ4n) is 2.29. The Morgan fingerprint density at radius 2 is 2.00 bits per heavy atom. The molecule has 2 rings (SSSR count). The number of halogens is 1. The molecule has 1 amide bonds. The first-order chi connectivity index (χ1) is 12.0. The van der Waals surface area contributed by atoms with Crippen molar-refractivity contribution >= 4 is 46.1 Å². The summed E-state index contributed by atoms with van der Waals surface area (Å²) in [5, 5.41) is 21.9. The number of phenolic OH excluding ortho intramolecular Hbond substituents is 1. The van der Waals surface area contributed by atoms with E-state index in [2.05, 4.69) is 27.9 Å². The largest absolute Gasteiger partial charge is 0.508 e. The molecule has 0 unspecified atom stereocenters. The van der Waals surface area contributed by atoms with Crippen molar-refractivity contribution in [3.8, 4) is 5.75 Å². The lowest BCUT2D eigenvalue weighted by molar-refractivity contribution is 0.0979. The summed E-state index contributed by atoms with van der Waals surface area (Å²) < 4.78 is 6.43. The van der Waals surface area contributed by atoms with Gasteiger partial charge in [-0.25, -0.2) is 4.79 Å². The number of aliphatic hydroxyl groups is 1. The van der Waals surface area contributed by atoms with Gasteiger partial charge in [0.05, 0.1) is 0 Å². The molecular weight excluding hydrogens is 453 g/mol. The summed E-state index contributed by atoms with van der Waals surface area (Å²) in [4.78, 5) is 13.3. The van der Waals surface area contributed by atoms with Crippen LogP contribution in [-0.2, 0) is 4.74 Å². The van der Waals surface area contributed by atoms with Crippen LogP contribution in [0.1, 0.15) is 24.5 Å². The molecule has 0 aliphatic rings. The van der Waals surface area contributed by atoms with Gasteiger partial charge in [-0.05, 0) is 84.2 Å². The van der Waals surface area contributed by atoms with E-state index in [0.29, 0.717) is 24.1 Å². The third-order valence-electron chi connectivity index (χ3n) is 3.55. The topological polar surface area (TPSA) is 78.8 Å². The molecule has 0 spiro atoms. The van der Waals surface area contributed by atoms with Gasteiger partial charge in [0.1, 0.15) is 11.9 Å². The summed E-state index contributed by atoms with van der Waals surface area (Å²) in [6.45, 7) is -0.0116. The van der Waals surface area contributed by atoms with E-state index in [0.717, 1.165) is 8.47 Å². The van der Waals surface area contributed by atoms with Crippen molar-refractivity contribution in [2.24, 2.45) is 0 Å². The van der Waals surface area contributed by atoms with E-state index in [-0.39, 0.29) is 12.4 Å². The Morgan fingerprint density at radius 1 is 1.28 bits per heavy atom. The number of benzene rings is 2. The minimum Gasteiger partial charge on any atom is -0.508 e. The number of hydrogen-bond acceptors (Lipinski definition) is 5. The number of thioether (sulfide) groups is 1. The highest BCUT2D eigenvalue weighted by atomic mass is 127. The van der Waals surface area contributed by atoms with Crippen LogP contribution in [0.25, 0.3) is 0 Å². The van der Waals surface area contributed by atoms with Crippen molar-refractivity contribution in [2.75, 3.05) is 18.2 Å². The van der Waals surface area contributed by atoms with E-state index in [4.69, 9.17) is 9.84 Å². The highest BCUT2D eigenvalue weighted by Crippen LogP contribution is 2.32. The van der Waals surface area contributed by atoms with Gasteiger partial charge in [-0.2, -0.15) is 0 Å². The molecule has 0 heterocycles. The third kappa shape index (κ3) is 6.09. The highest BCUT2D eigenvalue weighted by Gasteiger charge is 2.20. The molecule has 7 heteroatoms. The maximum Gasteiger partial charge on any atom is 0.412 e. The third-order valence-corrected chi connectivity index (χ3v) is 4.96. The first-order valence-electron chi connectivity index (χ1n) is 7.74. The monoisotopic (exact) mass is 473 g/mol. The Balaban J connectivity index is 2.09. The van der Waals surface area contributed by atoms with Crippen LogP contribution in [0.15, 0.2) is 47.4 Å². The summed E-state index contributed by atoms with van der Waals surface area (Å²) in [5.41, 5.74) is 1.17. The number of carbonyl (C=O) groups excluding carboxylic acids is 1. The van der Waals surface area contributed by atoms with Crippen molar-refractivity contribution in [3.05, 3.63) is 51.6 Å². The molecule has 2 aromatic carbocycles. The number of carbonyl (C=O) groups is 1. The number of anilines is 1. The van der Waals surface area contributed by atoms with E-state index < -0.39 is 12.2 Å². The van der Waals surface area contributed by atoms with Gasteiger partial charge in [0, 0.05) is 26.3 Å². The molecule has 0 saturated heterocycles. The lowest BCUT2D eigenvalue weighted by Crippen LogP contribution is -2.18. The second-order valence-corrected chi connectivity index (χ2v) is 7.44. The minimum absolute atomic E-state index is 0.0116.